The Kier molecular flexibility index (Phi) is 7.04. The second-order valence-electron chi connectivity index (χ2n) is 4.11. The van der Waals surface area contributed by atoms with Crippen LogP contribution in [0.2, 0.25) is 0 Å². The van der Waals surface area contributed by atoms with Crippen LogP contribution in [0.3, 0.4) is 0 Å². The van der Waals surface area contributed by atoms with Gasteiger partial charge in [-0.15, -0.1) is 0 Å². The molecule has 4 nitrogen and oxygen atoms in total. The first kappa shape index (κ1) is 15.2. The highest BCUT2D eigenvalue weighted by atomic mass is 127. The van der Waals surface area contributed by atoms with E-state index in [1.807, 2.05) is 31.2 Å². The molecular formula is C13H19IN2O2. The minimum atomic E-state index is 0.0270. The fourth-order valence-electron chi connectivity index (χ4n) is 1.36. The molecule has 0 aliphatic carbocycles. The van der Waals surface area contributed by atoms with E-state index in [2.05, 4.69) is 27.9 Å². The number of nitrogens with one attached hydrogen (secondary N) is 1. The van der Waals surface area contributed by atoms with Crippen molar-refractivity contribution in [1.29, 1.82) is 0 Å². The van der Waals surface area contributed by atoms with Gasteiger partial charge in [0.15, 0.2) is 0 Å². The molecule has 0 heterocycles. The molecule has 1 rings (SSSR count). The molecule has 5 heteroatoms. The number of benzene rings is 1. The van der Waals surface area contributed by atoms with Crippen molar-refractivity contribution in [3.05, 3.63) is 27.8 Å². The van der Waals surface area contributed by atoms with Crippen LogP contribution in [-0.2, 0) is 4.79 Å². The number of rotatable bonds is 7. The number of ether oxygens (including phenoxy) is 1. The van der Waals surface area contributed by atoms with E-state index in [0.29, 0.717) is 26.0 Å². The van der Waals surface area contributed by atoms with Gasteiger partial charge in [-0.05, 0) is 60.2 Å². The van der Waals surface area contributed by atoms with Crippen molar-refractivity contribution in [1.82, 2.24) is 5.32 Å². The predicted octanol–water partition coefficient (Wildman–Crippen LogP) is 1.91. The lowest BCUT2D eigenvalue weighted by Gasteiger charge is -2.11. The van der Waals surface area contributed by atoms with Gasteiger partial charge < -0.3 is 15.8 Å². The summed E-state index contributed by atoms with van der Waals surface area (Å²) in [5.74, 6) is 0.866. The Bertz CT molecular complexity index is 368. The summed E-state index contributed by atoms with van der Waals surface area (Å²) in [6.07, 6.45) is 1.17. The van der Waals surface area contributed by atoms with Crippen LogP contribution in [0, 0.1) is 3.57 Å². The smallest absolute Gasteiger partial charge is 0.220 e. The van der Waals surface area contributed by atoms with Crippen LogP contribution < -0.4 is 15.8 Å². The van der Waals surface area contributed by atoms with Crippen LogP contribution >= 0.6 is 22.6 Å². The first-order valence-corrected chi connectivity index (χ1v) is 7.07. The highest BCUT2D eigenvalue weighted by Crippen LogP contribution is 2.13. The maximum atomic E-state index is 11.4. The minimum Gasteiger partial charge on any atom is -0.494 e. The van der Waals surface area contributed by atoms with Gasteiger partial charge in [0.2, 0.25) is 5.91 Å². The van der Waals surface area contributed by atoms with E-state index in [4.69, 9.17) is 10.5 Å². The molecule has 1 atom stereocenters. The summed E-state index contributed by atoms with van der Waals surface area (Å²) in [5, 5.41) is 2.82. The zero-order valence-corrected chi connectivity index (χ0v) is 12.6. The maximum Gasteiger partial charge on any atom is 0.220 e. The van der Waals surface area contributed by atoms with E-state index in [1.54, 1.807) is 0 Å². The Hall–Kier alpha value is -0.820. The summed E-state index contributed by atoms with van der Waals surface area (Å²) in [7, 11) is 0. The molecule has 0 aliphatic heterocycles. The Morgan fingerprint density at radius 1 is 1.44 bits per heavy atom. The third-order valence-corrected chi connectivity index (χ3v) is 3.11. The molecule has 18 heavy (non-hydrogen) atoms. The molecule has 0 saturated carbocycles. The maximum absolute atomic E-state index is 11.4. The van der Waals surface area contributed by atoms with Crippen LogP contribution in [0.1, 0.15) is 19.8 Å². The van der Waals surface area contributed by atoms with Gasteiger partial charge in [0.25, 0.3) is 0 Å². The molecule has 0 saturated heterocycles. The van der Waals surface area contributed by atoms with Crippen molar-refractivity contribution < 1.29 is 9.53 Å². The largest absolute Gasteiger partial charge is 0.494 e. The Morgan fingerprint density at radius 2 is 2.11 bits per heavy atom. The first-order chi connectivity index (χ1) is 8.61. The van der Waals surface area contributed by atoms with E-state index in [9.17, 15) is 4.79 Å². The summed E-state index contributed by atoms with van der Waals surface area (Å²) in [5.41, 5.74) is 5.42. The van der Waals surface area contributed by atoms with Gasteiger partial charge in [-0.3, -0.25) is 4.79 Å². The third-order valence-electron chi connectivity index (χ3n) is 2.39. The molecule has 3 N–H and O–H groups in total. The number of amides is 1. The van der Waals surface area contributed by atoms with Crippen molar-refractivity contribution in [2.24, 2.45) is 5.73 Å². The molecule has 0 aromatic heterocycles. The van der Waals surface area contributed by atoms with Crippen LogP contribution in [0.4, 0.5) is 0 Å². The van der Waals surface area contributed by atoms with Gasteiger partial charge in [-0.2, -0.15) is 0 Å². The summed E-state index contributed by atoms with van der Waals surface area (Å²) in [6.45, 7) is 2.90. The second kappa shape index (κ2) is 8.31. The van der Waals surface area contributed by atoms with Crippen LogP contribution in [-0.4, -0.2) is 25.1 Å². The second-order valence-corrected chi connectivity index (χ2v) is 5.36. The van der Waals surface area contributed by atoms with Gasteiger partial charge in [0, 0.05) is 22.6 Å². The van der Waals surface area contributed by atoms with E-state index in [-0.39, 0.29) is 11.9 Å². The number of carbonyl (C=O) groups is 1. The van der Waals surface area contributed by atoms with Gasteiger partial charge in [-0.1, -0.05) is 0 Å². The van der Waals surface area contributed by atoms with Crippen LogP contribution in [0.25, 0.3) is 0 Å². The zero-order valence-electron chi connectivity index (χ0n) is 10.5. The highest BCUT2D eigenvalue weighted by Gasteiger charge is 2.05. The first-order valence-electron chi connectivity index (χ1n) is 5.99. The van der Waals surface area contributed by atoms with Gasteiger partial charge in [0.05, 0.1) is 6.61 Å². The van der Waals surface area contributed by atoms with Gasteiger partial charge in [-0.25, -0.2) is 0 Å². The highest BCUT2D eigenvalue weighted by molar-refractivity contribution is 14.1. The van der Waals surface area contributed by atoms with E-state index in [1.165, 1.54) is 3.57 Å². The topological polar surface area (TPSA) is 64.3 Å². The Balaban J connectivity index is 2.15. The number of hydrogen-bond donors (Lipinski definition) is 2. The predicted molar refractivity (Wildman–Crippen MR) is 80.5 cm³/mol. The Morgan fingerprint density at radius 3 is 2.72 bits per heavy atom. The molecule has 0 fully saturated rings. The zero-order chi connectivity index (χ0) is 13.4. The van der Waals surface area contributed by atoms with Crippen molar-refractivity contribution >= 4 is 28.5 Å². The summed E-state index contributed by atoms with van der Waals surface area (Å²) < 4.78 is 6.71. The molecule has 0 aliphatic rings. The van der Waals surface area contributed by atoms with Gasteiger partial charge >= 0.3 is 0 Å². The third kappa shape index (κ3) is 6.20. The summed E-state index contributed by atoms with van der Waals surface area (Å²) in [6, 6.07) is 7.88. The van der Waals surface area contributed by atoms with Crippen molar-refractivity contribution in [3.63, 3.8) is 0 Å². The average Bonchev–Trinajstić information content (AvgIpc) is 2.36. The van der Waals surface area contributed by atoms with Crippen molar-refractivity contribution in [3.8, 4) is 5.75 Å². The van der Waals surface area contributed by atoms with Gasteiger partial charge in [0.1, 0.15) is 5.75 Å². The standard InChI is InChI=1S/C13H19IN2O2/c1-10(9-15)16-13(17)3-2-8-18-12-6-4-11(14)5-7-12/h4-7,10H,2-3,8-9,15H2,1H3,(H,16,17)/t10-/m0/s1. The minimum absolute atomic E-state index is 0.0270. The number of halogens is 1. The quantitative estimate of drug-likeness (QED) is 0.575. The number of hydrogen-bond acceptors (Lipinski definition) is 3. The molecule has 0 spiro atoms. The van der Waals surface area contributed by atoms with E-state index < -0.39 is 0 Å². The SMILES string of the molecule is C[C@@H](CN)NC(=O)CCCOc1ccc(I)cc1. The fourth-order valence-corrected chi connectivity index (χ4v) is 1.72. The monoisotopic (exact) mass is 362 g/mol. The van der Waals surface area contributed by atoms with E-state index >= 15 is 0 Å². The lowest BCUT2D eigenvalue weighted by atomic mass is 10.2. The number of nitrogens with two attached hydrogens (primary N) is 1. The number of carbonyl (C=O) groups excluding carboxylic acids is 1. The van der Waals surface area contributed by atoms with Crippen LogP contribution in [0.15, 0.2) is 24.3 Å². The lowest BCUT2D eigenvalue weighted by molar-refractivity contribution is -0.121. The fraction of sp³-hybridized carbons (Fsp3) is 0.462. The van der Waals surface area contributed by atoms with Crippen LogP contribution in [0.5, 0.6) is 5.75 Å². The van der Waals surface area contributed by atoms with Crippen molar-refractivity contribution in [2.75, 3.05) is 13.2 Å². The molecular weight excluding hydrogens is 343 g/mol. The van der Waals surface area contributed by atoms with E-state index in [0.717, 1.165) is 5.75 Å². The molecule has 0 unspecified atom stereocenters. The molecule has 1 aromatic carbocycles. The molecule has 0 bridgehead atoms. The molecule has 100 valence electrons. The van der Waals surface area contributed by atoms with Crippen molar-refractivity contribution in [2.45, 2.75) is 25.8 Å². The lowest BCUT2D eigenvalue weighted by Crippen LogP contribution is -2.37. The summed E-state index contributed by atoms with van der Waals surface area (Å²) in [4.78, 5) is 11.4. The molecule has 1 amide bonds. The summed E-state index contributed by atoms with van der Waals surface area (Å²) >= 11 is 2.25. The molecule has 1 aromatic rings. The normalized spacial score (nSPS) is 11.9. The molecule has 0 radical (unpaired) electrons. The average molecular weight is 362 g/mol. The Labute approximate surface area is 121 Å².